The summed E-state index contributed by atoms with van der Waals surface area (Å²) in [7, 11) is 0. The number of nitrogens with zero attached hydrogens (tertiary/aromatic N) is 1. The van der Waals surface area contributed by atoms with Crippen molar-refractivity contribution in [1.82, 2.24) is 5.32 Å². The van der Waals surface area contributed by atoms with Crippen molar-refractivity contribution in [3.05, 3.63) is 59.2 Å². The van der Waals surface area contributed by atoms with Gasteiger partial charge in [-0.2, -0.15) is 0 Å². The molecule has 1 fully saturated rings. The van der Waals surface area contributed by atoms with Crippen LogP contribution in [-0.4, -0.2) is 37.7 Å². The molecule has 1 atom stereocenters. The number of halogens is 4. The van der Waals surface area contributed by atoms with Gasteiger partial charge in [-0.15, -0.1) is 0 Å². The maximum atomic E-state index is 14.4. The van der Waals surface area contributed by atoms with E-state index in [4.69, 9.17) is 4.74 Å². The van der Waals surface area contributed by atoms with E-state index in [0.29, 0.717) is 12.1 Å². The van der Waals surface area contributed by atoms with Gasteiger partial charge in [0.2, 0.25) is 5.91 Å². The van der Waals surface area contributed by atoms with Crippen LogP contribution in [0.3, 0.4) is 0 Å². The molecular weight excluding hydrogens is 406 g/mol. The molecule has 0 bridgehead atoms. The quantitative estimate of drug-likeness (QED) is 0.668. The van der Waals surface area contributed by atoms with Crippen LogP contribution in [0.25, 0.3) is 0 Å². The van der Waals surface area contributed by atoms with Crippen LogP contribution in [0, 0.1) is 23.3 Å². The van der Waals surface area contributed by atoms with Crippen molar-refractivity contribution in [2.45, 2.75) is 19.4 Å². The molecule has 0 spiro atoms. The zero-order chi connectivity index (χ0) is 21.8. The first-order chi connectivity index (χ1) is 14.2. The Bertz CT molecular complexity index is 947. The number of hydrogen-bond acceptors (Lipinski definition) is 4. The van der Waals surface area contributed by atoms with E-state index in [0.717, 1.165) is 6.07 Å². The molecule has 0 unspecified atom stereocenters. The third kappa shape index (κ3) is 5.00. The van der Waals surface area contributed by atoms with Crippen molar-refractivity contribution in [3.8, 4) is 0 Å². The van der Waals surface area contributed by atoms with Crippen molar-refractivity contribution in [1.29, 1.82) is 0 Å². The summed E-state index contributed by atoms with van der Waals surface area (Å²) in [4.78, 5) is 24.2. The van der Waals surface area contributed by atoms with Crippen molar-refractivity contribution < 1.29 is 31.9 Å². The van der Waals surface area contributed by atoms with Gasteiger partial charge in [-0.1, -0.05) is 0 Å². The topological polar surface area (TPSA) is 70.7 Å². The largest absolute Gasteiger partial charge is 0.442 e. The van der Waals surface area contributed by atoms with Gasteiger partial charge in [0.15, 0.2) is 0 Å². The van der Waals surface area contributed by atoms with E-state index >= 15 is 0 Å². The molecule has 1 aliphatic heterocycles. The van der Waals surface area contributed by atoms with E-state index in [1.54, 1.807) is 0 Å². The van der Waals surface area contributed by atoms with E-state index in [-0.39, 0.29) is 48.9 Å². The van der Waals surface area contributed by atoms with Gasteiger partial charge in [0.05, 0.1) is 24.5 Å². The molecule has 3 rings (SSSR count). The molecule has 0 radical (unpaired) electrons. The van der Waals surface area contributed by atoms with Crippen molar-refractivity contribution >= 4 is 23.4 Å². The number of carbonyl (C=O) groups excluding carboxylic acids is 2. The number of nitrogens with one attached hydrogen (secondary N) is 2. The Balaban J connectivity index is 1.60. The molecule has 1 heterocycles. The summed E-state index contributed by atoms with van der Waals surface area (Å²) < 4.78 is 59.8. The maximum Gasteiger partial charge on any atom is 0.414 e. The van der Waals surface area contributed by atoms with Crippen LogP contribution >= 0.6 is 0 Å². The predicted molar refractivity (Wildman–Crippen MR) is 101 cm³/mol. The summed E-state index contributed by atoms with van der Waals surface area (Å²) in [5.41, 5.74) is 0.0407. The van der Waals surface area contributed by atoms with Crippen molar-refractivity contribution in [2.24, 2.45) is 0 Å². The fourth-order valence-corrected chi connectivity index (χ4v) is 3.04. The molecule has 2 amide bonds. The fourth-order valence-electron chi connectivity index (χ4n) is 3.04. The maximum absolute atomic E-state index is 14.4. The summed E-state index contributed by atoms with van der Waals surface area (Å²) in [5.74, 6) is -3.96. The number of ether oxygens (including phenoxy) is 1. The third-order valence-electron chi connectivity index (χ3n) is 4.51. The van der Waals surface area contributed by atoms with Crippen molar-refractivity contribution in [3.63, 3.8) is 0 Å². The average molecular weight is 425 g/mol. The average Bonchev–Trinajstić information content (AvgIpc) is 3.04. The molecule has 1 aliphatic rings. The highest BCUT2D eigenvalue weighted by Gasteiger charge is 2.32. The standard InChI is InChI=1S/C20H19F4N3O3/c1-11(28)26-9-14-10-27(20(29)30-14)13-2-3-19(18(24)8-13)25-5-4-15-16(22)6-12(21)7-17(15)23/h2-3,6-8,14,25H,4-5,9-10H2,1H3,(H,26,28)/t14-/m0/s1. The molecular formula is C20H19F4N3O3. The summed E-state index contributed by atoms with van der Waals surface area (Å²) in [6.45, 7) is 1.64. The summed E-state index contributed by atoms with van der Waals surface area (Å²) in [6, 6.07) is 5.18. The Hall–Kier alpha value is -3.30. The number of amides is 2. The molecule has 2 aromatic rings. The van der Waals surface area contributed by atoms with E-state index in [1.165, 1.54) is 24.0 Å². The predicted octanol–water partition coefficient (Wildman–Crippen LogP) is 3.36. The number of rotatable bonds is 7. The second kappa shape index (κ2) is 9.02. The van der Waals surface area contributed by atoms with Gasteiger partial charge in [0, 0.05) is 31.2 Å². The van der Waals surface area contributed by atoms with Gasteiger partial charge in [-0.25, -0.2) is 22.4 Å². The molecule has 6 nitrogen and oxygen atoms in total. The van der Waals surface area contributed by atoms with Gasteiger partial charge < -0.3 is 15.4 Å². The lowest BCUT2D eigenvalue weighted by Gasteiger charge is -2.15. The Labute approximate surface area is 169 Å². The van der Waals surface area contributed by atoms with E-state index in [1.807, 2.05) is 0 Å². The van der Waals surface area contributed by atoms with Gasteiger partial charge in [0.25, 0.3) is 0 Å². The lowest BCUT2D eigenvalue weighted by Crippen LogP contribution is -2.33. The third-order valence-corrected chi connectivity index (χ3v) is 4.51. The fraction of sp³-hybridized carbons (Fsp3) is 0.300. The Morgan fingerprint density at radius 3 is 2.47 bits per heavy atom. The number of cyclic esters (lactones) is 1. The van der Waals surface area contributed by atoms with Crippen LogP contribution in [0.5, 0.6) is 0 Å². The van der Waals surface area contributed by atoms with Gasteiger partial charge in [-0.05, 0) is 24.6 Å². The van der Waals surface area contributed by atoms with Crippen LogP contribution in [0.4, 0.5) is 33.7 Å². The highest BCUT2D eigenvalue weighted by molar-refractivity contribution is 5.90. The molecule has 30 heavy (non-hydrogen) atoms. The number of anilines is 2. The molecule has 0 aromatic heterocycles. The first kappa shape index (κ1) is 21.4. The highest BCUT2D eigenvalue weighted by Crippen LogP contribution is 2.26. The van der Waals surface area contributed by atoms with E-state index in [9.17, 15) is 27.2 Å². The van der Waals surface area contributed by atoms with E-state index in [2.05, 4.69) is 10.6 Å². The molecule has 2 aromatic carbocycles. The van der Waals surface area contributed by atoms with Crippen LogP contribution in [-0.2, 0) is 16.0 Å². The van der Waals surface area contributed by atoms with Crippen LogP contribution in [0.2, 0.25) is 0 Å². The van der Waals surface area contributed by atoms with Crippen LogP contribution in [0.1, 0.15) is 12.5 Å². The molecule has 2 N–H and O–H groups in total. The smallest absolute Gasteiger partial charge is 0.414 e. The number of carbonyl (C=O) groups is 2. The normalized spacial score (nSPS) is 15.8. The molecule has 160 valence electrons. The van der Waals surface area contributed by atoms with Crippen molar-refractivity contribution in [2.75, 3.05) is 29.9 Å². The first-order valence-corrected chi connectivity index (χ1v) is 9.14. The second-order valence-electron chi connectivity index (χ2n) is 6.74. The Kier molecular flexibility index (Phi) is 6.43. The minimum atomic E-state index is -1.01. The minimum Gasteiger partial charge on any atom is -0.442 e. The monoisotopic (exact) mass is 425 g/mol. The summed E-state index contributed by atoms with van der Waals surface area (Å²) in [6.07, 6.45) is -1.34. The van der Waals surface area contributed by atoms with Gasteiger partial charge >= 0.3 is 6.09 Å². The second-order valence-corrected chi connectivity index (χ2v) is 6.74. The Morgan fingerprint density at radius 2 is 1.83 bits per heavy atom. The highest BCUT2D eigenvalue weighted by atomic mass is 19.1. The van der Waals surface area contributed by atoms with Gasteiger partial charge in [-0.3, -0.25) is 9.69 Å². The zero-order valence-electron chi connectivity index (χ0n) is 16.0. The van der Waals surface area contributed by atoms with Gasteiger partial charge in [0.1, 0.15) is 29.4 Å². The van der Waals surface area contributed by atoms with E-state index < -0.39 is 35.5 Å². The molecule has 0 aliphatic carbocycles. The number of benzene rings is 2. The first-order valence-electron chi connectivity index (χ1n) is 9.14. The zero-order valence-corrected chi connectivity index (χ0v) is 16.0. The number of hydrogen-bond donors (Lipinski definition) is 2. The van der Waals surface area contributed by atoms with Crippen LogP contribution in [0.15, 0.2) is 30.3 Å². The molecule has 0 saturated carbocycles. The minimum absolute atomic E-state index is 0.000283. The van der Waals surface area contributed by atoms with Crippen LogP contribution < -0.4 is 15.5 Å². The lowest BCUT2D eigenvalue weighted by molar-refractivity contribution is -0.119. The molecule has 1 saturated heterocycles. The Morgan fingerprint density at radius 1 is 1.13 bits per heavy atom. The summed E-state index contributed by atoms with van der Waals surface area (Å²) in [5, 5.41) is 5.26. The SMILES string of the molecule is CC(=O)NC[C@H]1CN(c2ccc(NCCc3c(F)cc(F)cc3F)c(F)c2)C(=O)O1. The summed E-state index contributed by atoms with van der Waals surface area (Å²) >= 11 is 0. The lowest BCUT2D eigenvalue weighted by atomic mass is 10.1. The molecule has 10 heteroatoms.